The fourth-order valence-corrected chi connectivity index (χ4v) is 5.02. The fraction of sp³-hybridized carbons (Fsp3) is 0.696. The van der Waals surface area contributed by atoms with Crippen LogP contribution in [0, 0.1) is 0 Å². The maximum Gasteiger partial charge on any atom is 0.238 e. The van der Waals surface area contributed by atoms with Crippen LogP contribution < -0.4 is 5.32 Å². The number of rotatable bonds is 6. The van der Waals surface area contributed by atoms with E-state index in [1.807, 2.05) is 0 Å². The molecule has 0 unspecified atom stereocenters. The lowest BCUT2D eigenvalue weighted by Gasteiger charge is -2.36. The molecule has 3 heterocycles. The van der Waals surface area contributed by atoms with Gasteiger partial charge in [-0.2, -0.15) is 0 Å². The van der Waals surface area contributed by atoms with Crippen molar-refractivity contribution in [1.29, 1.82) is 0 Å². The largest absolute Gasteiger partial charge is 0.325 e. The predicted molar refractivity (Wildman–Crippen MR) is 114 cm³/mol. The van der Waals surface area contributed by atoms with Crippen LogP contribution in [0.4, 0.5) is 5.69 Å². The first kappa shape index (κ1) is 19.9. The molecule has 0 saturated carbocycles. The fourth-order valence-electron chi connectivity index (χ4n) is 5.02. The zero-order valence-electron chi connectivity index (χ0n) is 17.2. The summed E-state index contributed by atoms with van der Waals surface area (Å²) in [4.78, 5) is 19.9. The number of carbonyl (C=O) groups is 1. The van der Waals surface area contributed by atoms with Crippen LogP contribution in [0.25, 0.3) is 0 Å². The van der Waals surface area contributed by atoms with Crippen molar-refractivity contribution in [3.63, 3.8) is 0 Å². The van der Waals surface area contributed by atoms with Crippen molar-refractivity contribution >= 4 is 11.6 Å². The van der Waals surface area contributed by atoms with Crippen molar-refractivity contribution < 1.29 is 4.79 Å². The Morgan fingerprint density at radius 1 is 0.821 bits per heavy atom. The molecule has 1 aromatic rings. The van der Waals surface area contributed by atoms with E-state index in [-0.39, 0.29) is 5.91 Å². The number of piperidine rings is 2. The lowest BCUT2D eigenvalue weighted by molar-refractivity contribution is -0.117. The van der Waals surface area contributed by atoms with Crippen molar-refractivity contribution in [2.24, 2.45) is 0 Å². The maximum atomic E-state index is 12.4. The summed E-state index contributed by atoms with van der Waals surface area (Å²) < 4.78 is 0. The Morgan fingerprint density at radius 3 is 2.14 bits per heavy atom. The molecule has 3 aliphatic heterocycles. The highest BCUT2D eigenvalue weighted by atomic mass is 16.2. The highest BCUT2D eigenvalue weighted by Gasteiger charge is 2.27. The smallest absolute Gasteiger partial charge is 0.238 e. The van der Waals surface area contributed by atoms with E-state index in [1.54, 1.807) is 0 Å². The Morgan fingerprint density at radius 2 is 1.46 bits per heavy atom. The van der Waals surface area contributed by atoms with Gasteiger partial charge in [-0.15, -0.1) is 0 Å². The molecule has 0 atom stereocenters. The molecule has 3 saturated heterocycles. The second kappa shape index (κ2) is 9.86. The van der Waals surface area contributed by atoms with Gasteiger partial charge in [0, 0.05) is 31.4 Å². The van der Waals surface area contributed by atoms with Gasteiger partial charge in [-0.05, 0) is 82.4 Å². The third-order valence-corrected chi connectivity index (χ3v) is 6.67. The Hall–Kier alpha value is -1.43. The lowest BCUT2D eigenvalue weighted by atomic mass is 10.0. The molecule has 4 rings (SSSR count). The molecule has 0 bridgehead atoms. The molecule has 0 radical (unpaired) electrons. The van der Waals surface area contributed by atoms with E-state index in [0.717, 1.165) is 31.4 Å². The van der Waals surface area contributed by atoms with Gasteiger partial charge in [-0.25, -0.2) is 0 Å². The number of amides is 1. The van der Waals surface area contributed by atoms with Gasteiger partial charge in [-0.3, -0.25) is 14.6 Å². The van der Waals surface area contributed by atoms with E-state index in [0.29, 0.717) is 6.54 Å². The normalized spacial score (nSPS) is 23.1. The summed E-state index contributed by atoms with van der Waals surface area (Å²) in [5.41, 5.74) is 2.25. The minimum Gasteiger partial charge on any atom is -0.325 e. The van der Waals surface area contributed by atoms with E-state index in [2.05, 4.69) is 44.3 Å². The molecule has 1 amide bonds. The van der Waals surface area contributed by atoms with Gasteiger partial charge in [-0.1, -0.05) is 18.6 Å². The summed E-state index contributed by atoms with van der Waals surface area (Å²) in [5.74, 6) is 0.114. The van der Waals surface area contributed by atoms with Crippen LogP contribution in [0.2, 0.25) is 0 Å². The van der Waals surface area contributed by atoms with Crippen LogP contribution in [0.15, 0.2) is 24.3 Å². The summed E-state index contributed by atoms with van der Waals surface area (Å²) in [5, 5.41) is 3.08. The first-order chi connectivity index (χ1) is 13.8. The lowest BCUT2D eigenvalue weighted by Crippen LogP contribution is -2.45. The molecule has 0 aromatic heterocycles. The summed E-state index contributed by atoms with van der Waals surface area (Å²) in [7, 11) is 0. The molecule has 1 aromatic carbocycles. The van der Waals surface area contributed by atoms with Crippen LogP contribution in [0.5, 0.6) is 0 Å². The first-order valence-corrected chi connectivity index (χ1v) is 11.3. The minimum atomic E-state index is 0.114. The summed E-state index contributed by atoms with van der Waals surface area (Å²) in [6, 6.07) is 9.17. The van der Waals surface area contributed by atoms with E-state index in [1.165, 1.54) is 76.7 Å². The summed E-state index contributed by atoms with van der Waals surface area (Å²) >= 11 is 0. The second-order valence-electron chi connectivity index (χ2n) is 8.83. The third kappa shape index (κ3) is 5.56. The quantitative estimate of drug-likeness (QED) is 0.818. The van der Waals surface area contributed by atoms with Gasteiger partial charge < -0.3 is 10.2 Å². The maximum absolute atomic E-state index is 12.4. The molecule has 5 heteroatoms. The number of carbonyl (C=O) groups excluding carboxylic acids is 1. The van der Waals surface area contributed by atoms with Gasteiger partial charge in [0.2, 0.25) is 5.91 Å². The van der Waals surface area contributed by atoms with Gasteiger partial charge in [0.05, 0.1) is 6.54 Å². The number of nitrogens with zero attached hydrogens (tertiary/aromatic N) is 3. The average molecular weight is 385 g/mol. The number of likely N-dealkylation sites (tertiary alicyclic amines) is 3. The number of benzene rings is 1. The topological polar surface area (TPSA) is 38.8 Å². The molecule has 3 fully saturated rings. The van der Waals surface area contributed by atoms with Crippen LogP contribution in [0.3, 0.4) is 0 Å². The second-order valence-corrected chi connectivity index (χ2v) is 8.83. The molecule has 0 spiro atoms. The Kier molecular flexibility index (Phi) is 7.00. The average Bonchev–Trinajstić information content (AvgIpc) is 3.26. The monoisotopic (exact) mass is 384 g/mol. The molecule has 5 nitrogen and oxygen atoms in total. The van der Waals surface area contributed by atoms with Crippen LogP contribution >= 0.6 is 0 Å². The van der Waals surface area contributed by atoms with Gasteiger partial charge in [0.25, 0.3) is 0 Å². The van der Waals surface area contributed by atoms with Crippen molar-refractivity contribution in [2.75, 3.05) is 51.1 Å². The summed E-state index contributed by atoms with van der Waals surface area (Å²) in [6.07, 6.45) is 9.15. The molecular formula is C23H36N4O. The van der Waals surface area contributed by atoms with Crippen molar-refractivity contribution in [3.05, 3.63) is 29.8 Å². The van der Waals surface area contributed by atoms with Gasteiger partial charge >= 0.3 is 0 Å². The van der Waals surface area contributed by atoms with E-state index >= 15 is 0 Å². The molecule has 0 aliphatic carbocycles. The van der Waals surface area contributed by atoms with E-state index < -0.39 is 0 Å². The molecule has 28 heavy (non-hydrogen) atoms. The number of hydrogen-bond acceptors (Lipinski definition) is 4. The van der Waals surface area contributed by atoms with Crippen molar-refractivity contribution in [2.45, 2.75) is 57.5 Å². The van der Waals surface area contributed by atoms with E-state index in [4.69, 9.17) is 0 Å². The molecular weight excluding hydrogens is 348 g/mol. The van der Waals surface area contributed by atoms with Crippen LogP contribution in [-0.4, -0.2) is 72.5 Å². The molecule has 154 valence electrons. The van der Waals surface area contributed by atoms with Gasteiger partial charge in [0.1, 0.15) is 0 Å². The highest BCUT2D eigenvalue weighted by Crippen LogP contribution is 2.21. The zero-order valence-corrected chi connectivity index (χ0v) is 17.2. The minimum absolute atomic E-state index is 0.114. The summed E-state index contributed by atoms with van der Waals surface area (Å²) in [6.45, 7) is 8.62. The van der Waals surface area contributed by atoms with Gasteiger partial charge in [0.15, 0.2) is 0 Å². The SMILES string of the molecule is O=C(CN1CCC(N2CCCC2)CC1)Nc1ccc(CN2CCCCC2)cc1. The first-order valence-electron chi connectivity index (χ1n) is 11.3. The van der Waals surface area contributed by atoms with Crippen molar-refractivity contribution in [3.8, 4) is 0 Å². The Bertz CT molecular complexity index is 612. The van der Waals surface area contributed by atoms with E-state index in [9.17, 15) is 4.79 Å². The number of nitrogens with one attached hydrogen (secondary N) is 1. The Balaban J connectivity index is 1.18. The third-order valence-electron chi connectivity index (χ3n) is 6.67. The number of anilines is 1. The van der Waals surface area contributed by atoms with Crippen LogP contribution in [0.1, 0.15) is 50.5 Å². The standard InChI is InChI=1S/C23H36N4O/c28-23(19-26-16-10-22(11-17-26)27-14-4-5-15-27)24-21-8-6-20(7-9-21)18-25-12-2-1-3-13-25/h6-9,22H,1-5,10-19H2,(H,24,28). The molecule has 3 aliphatic rings. The number of hydrogen-bond donors (Lipinski definition) is 1. The Labute approximate surface area is 170 Å². The van der Waals surface area contributed by atoms with Crippen molar-refractivity contribution in [1.82, 2.24) is 14.7 Å². The van der Waals surface area contributed by atoms with Crippen LogP contribution in [-0.2, 0) is 11.3 Å². The highest BCUT2D eigenvalue weighted by molar-refractivity contribution is 5.92. The zero-order chi connectivity index (χ0) is 19.2. The molecule has 1 N–H and O–H groups in total. The predicted octanol–water partition coefficient (Wildman–Crippen LogP) is 3.17.